The summed E-state index contributed by atoms with van der Waals surface area (Å²) >= 11 is 0. The average molecular weight is 242 g/mol. The molecule has 1 aromatic carbocycles. The van der Waals surface area contributed by atoms with Gasteiger partial charge in [-0.25, -0.2) is 0 Å². The molecule has 1 fully saturated rings. The molecule has 0 N–H and O–H groups in total. The molecule has 0 amide bonds. The Morgan fingerprint density at radius 1 is 1.39 bits per heavy atom. The van der Waals surface area contributed by atoms with E-state index in [1.807, 2.05) is 18.2 Å². The first kappa shape index (κ1) is 13.1. The van der Waals surface area contributed by atoms with Gasteiger partial charge >= 0.3 is 0 Å². The predicted molar refractivity (Wildman–Crippen MR) is 74.1 cm³/mol. The maximum atomic E-state index is 9.59. The van der Waals surface area contributed by atoms with Gasteiger partial charge in [-0.3, -0.25) is 4.90 Å². The van der Waals surface area contributed by atoms with E-state index in [0.29, 0.717) is 5.92 Å². The maximum absolute atomic E-state index is 9.59. The largest absolute Gasteiger partial charge is 0.285 e. The molecule has 1 aliphatic rings. The zero-order chi connectivity index (χ0) is 13.0. The summed E-state index contributed by atoms with van der Waals surface area (Å²) in [6.07, 6.45) is 3.33. The summed E-state index contributed by atoms with van der Waals surface area (Å²) in [6.45, 7) is 6.47. The van der Waals surface area contributed by atoms with E-state index in [4.69, 9.17) is 0 Å². The zero-order valence-corrected chi connectivity index (χ0v) is 11.4. The van der Waals surface area contributed by atoms with E-state index >= 15 is 0 Å². The van der Waals surface area contributed by atoms with Crippen LogP contribution in [-0.2, 0) is 6.42 Å². The normalized spacial score (nSPS) is 24.2. The van der Waals surface area contributed by atoms with Crippen LogP contribution in [0, 0.1) is 17.2 Å². The number of benzene rings is 1. The second kappa shape index (κ2) is 5.54. The Labute approximate surface area is 110 Å². The Hall–Kier alpha value is -1.33. The van der Waals surface area contributed by atoms with Gasteiger partial charge in [-0.15, -0.1) is 0 Å². The van der Waals surface area contributed by atoms with Gasteiger partial charge in [0.15, 0.2) is 0 Å². The van der Waals surface area contributed by atoms with Gasteiger partial charge in [0.1, 0.15) is 5.54 Å². The van der Waals surface area contributed by atoms with Gasteiger partial charge in [-0.05, 0) is 37.8 Å². The lowest BCUT2D eigenvalue weighted by Crippen LogP contribution is -2.51. The Kier molecular flexibility index (Phi) is 4.04. The van der Waals surface area contributed by atoms with E-state index in [0.717, 1.165) is 19.5 Å². The van der Waals surface area contributed by atoms with Crippen molar-refractivity contribution in [3.05, 3.63) is 35.9 Å². The molecule has 0 bridgehead atoms. The van der Waals surface area contributed by atoms with Crippen LogP contribution in [0.4, 0.5) is 0 Å². The van der Waals surface area contributed by atoms with Crippen LogP contribution in [0.1, 0.15) is 32.3 Å². The molecule has 0 aliphatic carbocycles. The molecule has 1 saturated heterocycles. The van der Waals surface area contributed by atoms with Gasteiger partial charge in [0, 0.05) is 13.0 Å². The molecule has 1 aliphatic heterocycles. The Morgan fingerprint density at radius 3 is 2.72 bits per heavy atom. The molecule has 2 rings (SSSR count). The van der Waals surface area contributed by atoms with Crippen molar-refractivity contribution >= 4 is 0 Å². The van der Waals surface area contributed by atoms with Crippen molar-refractivity contribution in [1.82, 2.24) is 4.90 Å². The van der Waals surface area contributed by atoms with Crippen molar-refractivity contribution in [2.75, 3.05) is 13.1 Å². The summed E-state index contributed by atoms with van der Waals surface area (Å²) in [5.41, 5.74) is 0.885. The van der Waals surface area contributed by atoms with Crippen molar-refractivity contribution in [2.24, 2.45) is 5.92 Å². The lowest BCUT2D eigenvalue weighted by Gasteiger charge is -2.41. The van der Waals surface area contributed by atoms with Crippen LogP contribution in [-0.4, -0.2) is 23.5 Å². The Balaban J connectivity index is 2.13. The number of piperidine rings is 1. The number of likely N-dealkylation sites (tertiary alicyclic amines) is 1. The number of hydrogen-bond acceptors (Lipinski definition) is 2. The minimum atomic E-state index is -0.365. The third-order valence-corrected chi connectivity index (χ3v) is 3.99. The molecule has 96 valence electrons. The summed E-state index contributed by atoms with van der Waals surface area (Å²) in [6, 6.07) is 12.9. The first-order valence-corrected chi connectivity index (χ1v) is 6.84. The van der Waals surface area contributed by atoms with Crippen molar-refractivity contribution < 1.29 is 0 Å². The molecule has 18 heavy (non-hydrogen) atoms. The van der Waals surface area contributed by atoms with E-state index < -0.39 is 0 Å². The van der Waals surface area contributed by atoms with Gasteiger partial charge < -0.3 is 0 Å². The fourth-order valence-corrected chi connectivity index (χ4v) is 2.85. The highest BCUT2D eigenvalue weighted by atomic mass is 15.2. The smallest absolute Gasteiger partial charge is 0.110 e. The standard InChI is InChI=1S/C16H22N2/c1-14-7-6-10-18(12-14)16(2,13-17)11-15-8-4-3-5-9-15/h3-5,8-9,14H,6-7,10-12H2,1-2H3. The number of nitriles is 1. The van der Waals surface area contributed by atoms with Crippen LogP contribution in [0.25, 0.3) is 0 Å². The molecule has 0 aromatic heterocycles. The lowest BCUT2D eigenvalue weighted by atomic mass is 9.88. The number of hydrogen-bond donors (Lipinski definition) is 0. The van der Waals surface area contributed by atoms with Gasteiger partial charge in [0.05, 0.1) is 6.07 Å². The summed E-state index contributed by atoms with van der Waals surface area (Å²) in [5.74, 6) is 0.710. The van der Waals surface area contributed by atoms with Crippen molar-refractivity contribution in [3.63, 3.8) is 0 Å². The van der Waals surface area contributed by atoms with Gasteiger partial charge in [0.25, 0.3) is 0 Å². The summed E-state index contributed by atoms with van der Waals surface area (Å²) < 4.78 is 0. The highest BCUT2D eigenvalue weighted by Crippen LogP contribution is 2.26. The SMILES string of the molecule is CC1CCCN(C(C)(C#N)Cc2ccccc2)C1. The fraction of sp³-hybridized carbons (Fsp3) is 0.562. The molecule has 2 atom stereocenters. The first-order chi connectivity index (χ1) is 8.64. The first-order valence-electron chi connectivity index (χ1n) is 6.84. The molecule has 1 aromatic rings. The van der Waals surface area contributed by atoms with Gasteiger partial charge in [-0.1, -0.05) is 37.3 Å². The topological polar surface area (TPSA) is 27.0 Å². The monoisotopic (exact) mass is 242 g/mol. The minimum Gasteiger partial charge on any atom is -0.285 e. The van der Waals surface area contributed by atoms with E-state index in [1.54, 1.807) is 0 Å². The highest BCUT2D eigenvalue weighted by molar-refractivity contribution is 5.21. The third kappa shape index (κ3) is 2.91. The van der Waals surface area contributed by atoms with Crippen LogP contribution in [0.5, 0.6) is 0 Å². The molecule has 0 saturated carbocycles. The quantitative estimate of drug-likeness (QED) is 0.813. The van der Waals surface area contributed by atoms with Gasteiger partial charge in [-0.2, -0.15) is 5.26 Å². The van der Waals surface area contributed by atoms with Crippen molar-refractivity contribution in [3.8, 4) is 6.07 Å². The van der Waals surface area contributed by atoms with Crippen LogP contribution in [0.3, 0.4) is 0 Å². The second-order valence-electron chi connectivity index (χ2n) is 5.74. The van der Waals surface area contributed by atoms with E-state index in [9.17, 15) is 5.26 Å². The Morgan fingerprint density at radius 2 is 2.11 bits per heavy atom. The molecular weight excluding hydrogens is 220 g/mol. The molecule has 1 heterocycles. The number of rotatable bonds is 3. The molecule has 2 unspecified atom stereocenters. The third-order valence-electron chi connectivity index (χ3n) is 3.99. The van der Waals surface area contributed by atoms with Crippen LogP contribution in [0.2, 0.25) is 0 Å². The van der Waals surface area contributed by atoms with E-state index in [2.05, 4.69) is 36.9 Å². The molecule has 2 nitrogen and oxygen atoms in total. The molecule has 0 spiro atoms. The lowest BCUT2D eigenvalue weighted by molar-refractivity contribution is 0.0959. The minimum absolute atomic E-state index is 0.365. The highest BCUT2D eigenvalue weighted by Gasteiger charge is 2.34. The van der Waals surface area contributed by atoms with E-state index in [1.165, 1.54) is 18.4 Å². The van der Waals surface area contributed by atoms with Crippen molar-refractivity contribution in [1.29, 1.82) is 5.26 Å². The van der Waals surface area contributed by atoms with Gasteiger partial charge in [0.2, 0.25) is 0 Å². The van der Waals surface area contributed by atoms with Crippen LogP contribution in [0.15, 0.2) is 30.3 Å². The number of nitrogens with zero attached hydrogens (tertiary/aromatic N) is 2. The summed E-state index contributed by atoms with van der Waals surface area (Å²) in [5, 5.41) is 9.59. The zero-order valence-electron chi connectivity index (χ0n) is 11.4. The van der Waals surface area contributed by atoms with Crippen LogP contribution < -0.4 is 0 Å². The maximum Gasteiger partial charge on any atom is 0.110 e. The molecule has 2 heteroatoms. The second-order valence-corrected chi connectivity index (χ2v) is 5.74. The van der Waals surface area contributed by atoms with Crippen molar-refractivity contribution in [2.45, 2.75) is 38.6 Å². The molecular formula is C16H22N2. The Bertz CT molecular complexity index is 420. The summed E-state index contributed by atoms with van der Waals surface area (Å²) in [4.78, 5) is 2.37. The van der Waals surface area contributed by atoms with E-state index in [-0.39, 0.29) is 5.54 Å². The van der Waals surface area contributed by atoms with Crippen LogP contribution >= 0.6 is 0 Å². The fourth-order valence-electron chi connectivity index (χ4n) is 2.85. The summed E-state index contributed by atoms with van der Waals surface area (Å²) in [7, 11) is 0. The molecule has 0 radical (unpaired) electrons. The predicted octanol–water partition coefficient (Wildman–Crippen LogP) is 3.24. The average Bonchev–Trinajstić information content (AvgIpc) is 2.40.